The summed E-state index contributed by atoms with van der Waals surface area (Å²) in [6.45, 7) is 2.68. The molecule has 24 heavy (non-hydrogen) atoms. The lowest BCUT2D eigenvalue weighted by Gasteiger charge is -2.07. The Morgan fingerprint density at radius 1 is 1.17 bits per heavy atom. The molecule has 0 atom stereocenters. The maximum absolute atomic E-state index is 12.1. The maximum atomic E-state index is 12.1. The number of hydrogen-bond donors (Lipinski definition) is 0. The fraction of sp³-hybridized carbons (Fsp3) is 0.158. The minimum atomic E-state index is -0.450. The van der Waals surface area contributed by atoms with Crippen LogP contribution in [0.2, 0.25) is 0 Å². The Hall–Kier alpha value is -2.15. The van der Waals surface area contributed by atoms with Crippen molar-refractivity contribution in [2.75, 3.05) is 6.61 Å². The zero-order valence-corrected chi connectivity index (χ0v) is 15.3. The predicted molar refractivity (Wildman–Crippen MR) is 102 cm³/mol. The molecule has 0 spiro atoms. The first kappa shape index (κ1) is 16.7. The first-order valence-electron chi connectivity index (χ1n) is 7.67. The summed E-state index contributed by atoms with van der Waals surface area (Å²) >= 11 is 2.22. The van der Waals surface area contributed by atoms with E-state index in [4.69, 9.17) is 9.47 Å². The summed E-state index contributed by atoms with van der Waals surface area (Å²) in [7, 11) is 0. The Bertz CT molecular complexity index is 810. The van der Waals surface area contributed by atoms with Gasteiger partial charge in [-0.15, -0.1) is 0 Å². The highest BCUT2D eigenvalue weighted by atomic mass is 127. The zero-order valence-electron chi connectivity index (χ0n) is 13.2. The van der Waals surface area contributed by atoms with Gasteiger partial charge in [-0.05, 0) is 65.4 Å². The lowest BCUT2D eigenvalue weighted by molar-refractivity contribution is -0.129. The van der Waals surface area contributed by atoms with Gasteiger partial charge >= 0.3 is 5.97 Å². The molecule has 122 valence electrons. The van der Waals surface area contributed by atoms with Crippen LogP contribution in [0.15, 0.2) is 59.2 Å². The van der Waals surface area contributed by atoms with Crippen molar-refractivity contribution < 1.29 is 14.3 Å². The Labute approximate surface area is 154 Å². The highest BCUT2D eigenvalue weighted by molar-refractivity contribution is 14.1. The number of nitrogens with zero attached hydrogens (tertiary/aromatic N) is 1. The van der Waals surface area contributed by atoms with Crippen LogP contribution >= 0.6 is 22.6 Å². The molecule has 0 bridgehead atoms. The van der Waals surface area contributed by atoms with Crippen molar-refractivity contribution in [3.63, 3.8) is 0 Å². The molecule has 1 aliphatic heterocycles. The van der Waals surface area contributed by atoms with Gasteiger partial charge < -0.3 is 9.47 Å². The molecule has 1 heterocycles. The molecule has 0 radical (unpaired) electrons. The number of carbonyl (C=O) groups is 1. The van der Waals surface area contributed by atoms with Crippen LogP contribution in [-0.2, 0) is 9.53 Å². The Morgan fingerprint density at radius 2 is 1.92 bits per heavy atom. The molecule has 1 aliphatic rings. The van der Waals surface area contributed by atoms with Gasteiger partial charge in [0, 0.05) is 14.7 Å². The smallest absolute Gasteiger partial charge is 0.363 e. The minimum Gasteiger partial charge on any atom is -0.493 e. The van der Waals surface area contributed by atoms with Gasteiger partial charge in [0.1, 0.15) is 5.75 Å². The number of para-hydroxylation sites is 1. The number of cyclic esters (lactones) is 1. The average Bonchev–Trinajstić information content (AvgIpc) is 2.95. The van der Waals surface area contributed by atoms with Crippen molar-refractivity contribution in [2.24, 2.45) is 4.99 Å². The van der Waals surface area contributed by atoms with Crippen molar-refractivity contribution in [3.8, 4) is 5.75 Å². The van der Waals surface area contributed by atoms with Gasteiger partial charge in [0.25, 0.3) is 0 Å². The van der Waals surface area contributed by atoms with Crippen molar-refractivity contribution in [1.82, 2.24) is 0 Å². The molecular formula is C19H16INO3. The van der Waals surface area contributed by atoms with Crippen LogP contribution in [0.4, 0.5) is 0 Å². The van der Waals surface area contributed by atoms with E-state index in [1.165, 1.54) is 0 Å². The predicted octanol–water partition coefficient (Wildman–Crippen LogP) is 4.42. The largest absolute Gasteiger partial charge is 0.493 e. The fourth-order valence-electron chi connectivity index (χ4n) is 2.22. The van der Waals surface area contributed by atoms with Gasteiger partial charge in [-0.25, -0.2) is 9.79 Å². The van der Waals surface area contributed by atoms with Crippen molar-refractivity contribution in [2.45, 2.75) is 13.3 Å². The molecule has 0 fully saturated rings. The zero-order chi connectivity index (χ0) is 16.9. The second kappa shape index (κ2) is 7.61. The number of benzene rings is 2. The summed E-state index contributed by atoms with van der Waals surface area (Å²) in [6.07, 6.45) is 2.62. The summed E-state index contributed by atoms with van der Waals surface area (Å²) < 4.78 is 12.1. The quantitative estimate of drug-likeness (QED) is 0.399. The number of esters is 1. The summed E-state index contributed by atoms with van der Waals surface area (Å²) in [6, 6.07) is 15.2. The molecule has 2 aromatic rings. The highest BCUT2D eigenvalue weighted by Gasteiger charge is 2.24. The van der Waals surface area contributed by atoms with Crippen LogP contribution in [0, 0.1) is 3.57 Å². The van der Waals surface area contributed by atoms with E-state index in [1.54, 1.807) is 6.08 Å². The molecule has 4 nitrogen and oxygen atoms in total. The van der Waals surface area contributed by atoms with E-state index in [0.29, 0.717) is 12.5 Å². The van der Waals surface area contributed by atoms with Crippen LogP contribution in [0.3, 0.4) is 0 Å². The number of rotatable bonds is 5. The molecule has 3 rings (SSSR count). The maximum Gasteiger partial charge on any atom is 0.363 e. The van der Waals surface area contributed by atoms with Crippen molar-refractivity contribution in [1.29, 1.82) is 0 Å². The first-order valence-corrected chi connectivity index (χ1v) is 8.75. The highest BCUT2D eigenvalue weighted by Crippen LogP contribution is 2.25. The number of aliphatic imine (C=N–C) groups is 1. The van der Waals surface area contributed by atoms with Crippen LogP contribution < -0.4 is 4.74 Å². The van der Waals surface area contributed by atoms with Gasteiger partial charge in [0.05, 0.1) is 6.61 Å². The van der Waals surface area contributed by atoms with Gasteiger partial charge in [-0.2, -0.15) is 0 Å². The van der Waals surface area contributed by atoms with Crippen LogP contribution in [0.5, 0.6) is 5.75 Å². The Kier molecular flexibility index (Phi) is 5.30. The van der Waals surface area contributed by atoms with Crippen molar-refractivity contribution in [3.05, 3.63) is 68.9 Å². The van der Waals surface area contributed by atoms with E-state index in [2.05, 4.69) is 27.6 Å². The lowest BCUT2D eigenvalue weighted by atomic mass is 10.1. The van der Waals surface area contributed by atoms with Crippen LogP contribution in [0.25, 0.3) is 6.08 Å². The van der Waals surface area contributed by atoms with Gasteiger partial charge in [-0.3, -0.25) is 0 Å². The monoisotopic (exact) mass is 433 g/mol. The Balaban J connectivity index is 1.90. The third-order valence-electron chi connectivity index (χ3n) is 3.38. The van der Waals surface area contributed by atoms with E-state index >= 15 is 0 Å². The number of hydrogen-bond acceptors (Lipinski definition) is 4. The molecule has 0 N–H and O–H groups in total. The number of halogens is 1. The SMILES string of the molecule is CCCOc1ccccc1/C=C1\N=C(c2ccc(I)cc2)OC1=O. The van der Waals surface area contributed by atoms with Gasteiger partial charge in [-0.1, -0.05) is 25.1 Å². The van der Waals surface area contributed by atoms with E-state index in [-0.39, 0.29) is 5.70 Å². The van der Waals surface area contributed by atoms with Gasteiger partial charge in [0.2, 0.25) is 5.90 Å². The second-order valence-electron chi connectivity index (χ2n) is 5.23. The third-order valence-corrected chi connectivity index (χ3v) is 4.10. The molecule has 0 amide bonds. The molecule has 0 aromatic heterocycles. The van der Waals surface area contributed by atoms with Crippen molar-refractivity contribution >= 4 is 40.5 Å². The Morgan fingerprint density at radius 3 is 2.67 bits per heavy atom. The van der Waals surface area contributed by atoms with E-state index in [1.807, 2.05) is 55.5 Å². The first-order chi connectivity index (χ1) is 11.7. The molecular weight excluding hydrogens is 417 g/mol. The minimum absolute atomic E-state index is 0.274. The molecule has 0 unspecified atom stereocenters. The summed E-state index contributed by atoms with van der Waals surface area (Å²) in [5.74, 6) is 0.612. The molecule has 0 saturated heterocycles. The summed E-state index contributed by atoms with van der Waals surface area (Å²) in [4.78, 5) is 16.4. The van der Waals surface area contributed by atoms with Crippen LogP contribution in [-0.4, -0.2) is 18.5 Å². The normalized spacial score (nSPS) is 15.3. The van der Waals surface area contributed by atoms with E-state index < -0.39 is 5.97 Å². The number of ether oxygens (including phenoxy) is 2. The summed E-state index contributed by atoms with van der Waals surface area (Å²) in [5.41, 5.74) is 1.87. The average molecular weight is 433 g/mol. The second-order valence-corrected chi connectivity index (χ2v) is 6.47. The van der Waals surface area contributed by atoms with E-state index in [0.717, 1.165) is 26.9 Å². The lowest BCUT2D eigenvalue weighted by Crippen LogP contribution is -2.05. The summed E-state index contributed by atoms with van der Waals surface area (Å²) in [5, 5.41) is 0. The fourth-order valence-corrected chi connectivity index (χ4v) is 2.58. The topological polar surface area (TPSA) is 47.9 Å². The molecule has 0 saturated carbocycles. The van der Waals surface area contributed by atoms with Crippen LogP contribution in [0.1, 0.15) is 24.5 Å². The van der Waals surface area contributed by atoms with E-state index in [9.17, 15) is 4.79 Å². The number of carbonyl (C=O) groups excluding carboxylic acids is 1. The van der Waals surface area contributed by atoms with Gasteiger partial charge in [0.15, 0.2) is 5.70 Å². The third kappa shape index (κ3) is 3.84. The molecule has 0 aliphatic carbocycles. The standard InChI is InChI=1S/C19H16INO3/c1-2-11-23-17-6-4-3-5-14(17)12-16-19(22)24-18(21-16)13-7-9-15(20)10-8-13/h3-10,12H,2,11H2,1H3/b16-12-. The molecule has 5 heteroatoms. The molecule has 2 aromatic carbocycles.